The molecule has 2 rings (SSSR count). The zero-order valence-corrected chi connectivity index (χ0v) is 18.6. The molecular weight excluding hydrogens is 384 g/mol. The fraction of sp³-hybridized carbons (Fsp3) is 0.417. The van der Waals surface area contributed by atoms with Crippen LogP contribution in [0.15, 0.2) is 43.0 Å². The van der Waals surface area contributed by atoms with Crippen LogP contribution in [0.5, 0.6) is 28.7 Å². The van der Waals surface area contributed by atoms with E-state index >= 15 is 0 Å². The minimum atomic E-state index is -0.415. The van der Waals surface area contributed by atoms with Crippen molar-refractivity contribution in [3.63, 3.8) is 0 Å². The monoisotopic (exact) mass is 416 g/mol. The predicted molar refractivity (Wildman–Crippen MR) is 117 cm³/mol. The molecular formula is C24H32O6. The Bertz CT molecular complexity index is 821. The first-order valence-electron chi connectivity index (χ1n) is 9.89. The van der Waals surface area contributed by atoms with Gasteiger partial charge in [-0.25, -0.2) is 0 Å². The first-order valence-corrected chi connectivity index (χ1v) is 9.89. The maximum Gasteiger partial charge on any atom is 0.203 e. The van der Waals surface area contributed by atoms with E-state index in [1.807, 2.05) is 39.0 Å². The summed E-state index contributed by atoms with van der Waals surface area (Å²) in [5.41, 5.74) is 1.84. The van der Waals surface area contributed by atoms with Crippen molar-refractivity contribution in [1.29, 1.82) is 0 Å². The zero-order valence-electron chi connectivity index (χ0n) is 18.6. The van der Waals surface area contributed by atoms with Crippen LogP contribution in [0.4, 0.5) is 0 Å². The molecule has 0 heterocycles. The van der Waals surface area contributed by atoms with Crippen molar-refractivity contribution in [2.24, 2.45) is 0 Å². The largest absolute Gasteiger partial charge is 0.504 e. The van der Waals surface area contributed by atoms with Gasteiger partial charge in [0.05, 0.1) is 27.4 Å². The number of ether oxygens (including phenoxy) is 5. The zero-order chi connectivity index (χ0) is 22.3. The first kappa shape index (κ1) is 23.4. The quantitative estimate of drug-likeness (QED) is 0.515. The molecule has 2 aromatic rings. The fourth-order valence-corrected chi connectivity index (χ4v) is 3.21. The van der Waals surface area contributed by atoms with E-state index in [4.69, 9.17) is 23.7 Å². The van der Waals surface area contributed by atoms with E-state index in [1.54, 1.807) is 32.4 Å². The Kier molecular flexibility index (Phi) is 8.42. The van der Waals surface area contributed by atoms with Crippen LogP contribution in [0.2, 0.25) is 0 Å². The topological polar surface area (TPSA) is 66.4 Å². The molecule has 30 heavy (non-hydrogen) atoms. The van der Waals surface area contributed by atoms with Crippen LogP contribution in [0, 0.1) is 0 Å². The number of phenolic OH excluding ortho intramolecular Hbond substituents is 1. The smallest absolute Gasteiger partial charge is 0.203 e. The van der Waals surface area contributed by atoms with Crippen molar-refractivity contribution in [1.82, 2.24) is 0 Å². The van der Waals surface area contributed by atoms with Crippen LogP contribution in [0.1, 0.15) is 38.0 Å². The first-order chi connectivity index (χ1) is 14.3. The molecule has 0 aliphatic rings. The van der Waals surface area contributed by atoms with E-state index in [0.717, 1.165) is 11.1 Å². The van der Waals surface area contributed by atoms with Gasteiger partial charge in [0.2, 0.25) is 5.75 Å². The Morgan fingerprint density at radius 2 is 1.53 bits per heavy atom. The van der Waals surface area contributed by atoms with Gasteiger partial charge >= 0.3 is 0 Å². The Balaban J connectivity index is 2.42. The van der Waals surface area contributed by atoms with Gasteiger partial charge < -0.3 is 28.8 Å². The van der Waals surface area contributed by atoms with Crippen molar-refractivity contribution in [2.45, 2.75) is 45.5 Å². The Morgan fingerprint density at radius 3 is 2.03 bits per heavy atom. The highest BCUT2D eigenvalue weighted by atomic mass is 16.6. The second-order valence-corrected chi connectivity index (χ2v) is 7.18. The van der Waals surface area contributed by atoms with Crippen LogP contribution in [-0.2, 0) is 11.2 Å². The van der Waals surface area contributed by atoms with Crippen molar-refractivity contribution >= 4 is 0 Å². The SMILES string of the molecule is C=CCc1cc(OC)c(OC(C)C(OC(C)C)c2ccc(O)c(OC)c2)c(OC)c1. The number of aromatic hydroxyl groups is 1. The van der Waals surface area contributed by atoms with Crippen LogP contribution in [0.3, 0.4) is 0 Å². The summed E-state index contributed by atoms with van der Waals surface area (Å²) in [5.74, 6) is 2.10. The molecule has 1 N–H and O–H groups in total. The number of allylic oxidation sites excluding steroid dienone is 1. The molecule has 0 fully saturated rings. The minimum Gasteiger partial charge on any atom is -0.504 e. The van der Waals surface area contributed by atoms with Gasteiger partial charge in [-0.05, 0) is 62.6 Å². The minimum absolute atomic E-state index is 0.0420. The van der Waals surface area contributed by atoms with Crippen molar-refractivity contribution in [3.05, 3.63) is 54.1 Å². The summed E-state index contributed by atoms with van der Waals surface area (Å²) < 4.78 is 28.8. The van der Waals surface area contributed by atoms with Gasteiger partial charge in [-0.2, -0.15) is 0 Å². The summed E-state index contributed by atoms with van der Waals surface area (Å²) in [4.78, 5) is 0. The fourth-order valence-electron chi connectivity index (χ4n) is 3.21. The summed E-state index contributed by atoms with van der Waals surface area (Å²) >= 11 is 0. The Hall–Kier alpha value is -2.86. The molecule has 0 amide bonds. The standard InChI is InChI=1S/C24H32O6/c1-8-9-17-12-21(27-6)24(22(13-17)28-7)30-16(4)23(29-15(2)3)18-10-11-19(25)20(14-18)26-5/h8,10-16,23,25H,1,9H2,2-7H3. The lowest BCUT2D eigenvalue weighted by Gasteiger charge is -2.29. The van der Waals surface area contributed by atoms with Crippen LogP contribution in [-0.4, -0.2) is 38.6 Å². The number of benzene rings is 2. The van der Waals surface area contributed by atoms with E-state index in [2.05, 4.69) is 6.58 Å². The highest BCUT2D eigenvalue weighted by Crippen LogP contribution is 2.41. The molecule has 6 heteroatoms. The van der Waals surface area contributed by atoms with Gasteiger partial charge in [0, 0.05) is 0 Å². The van der Waals surface area contributed by atoms with Gasteiger partial charge in [0.1, 0.15) is 12.2 Å². The third kappa shape index (κ3) is 5.60. The lowest BCUT2D eigenvalue weighted by Crippen LogP contribution is -2.27. The maximum absolute atomic E-state index is 9.94. The lowest BCUT2D eigenvalue weighted by atomic mass is 10.0. The molecule has 6 nitrogen and oxygen atoms in total. The second kappa shape index (κ2) is 10.8. The van der Waals surface area contributed by atoms with Gasteiger partial charge in [-0.15, -0.1) is 6.58 Å². The van der Waals surface area contributed by atoms with Crippen molar-refractivity contribution in [3.8, 4) is 28.7 Å². The molecule has 0 saturated carbocycles. The van der Waals surface area contributed by atoms with E-state index in [0.29, 0.717) is 29.4 Å². The molecule has 0 bridgehead atoms. The summed E-state index contributed by atoms with van der Waals surface area (Å²) in [6.07, 6.45) is 1.66. The third-order valence-corrected chi connectivity index (χ3v) is 4.58. The van der Waals surface area contributed by atoms with E-state index < -0.39 is 12.2 Å². The normalized spacial score (nSPS) is 12.9. The van der Waals surface area contributed by atoms with E-state index in [9.17, 15) is 5.11 Å². The molecule has 0 saturated heterocycles. The third-order valence-electron chi connectivity index (χ3n) is 4.58. The Morgan fingerprint density at radius 1 is 0.933 bits per heavy atom. The van der Waals surface area contributed by atoms with Gasteiger partial charge in [-0.1, -0.05) is 12.1 Å². The molecule has 0 aliphatic carbocycles. The average molecular weight is 417 g/mol. The molecule has 0 aliphatic heterocycles. The molecule has 0 radical (unpaired) electrons. The van der Waals surface area contributed by atoms with Gasteiger partial charge in [0.15, 0.2) is 23.0 Å². The number of hydrogen-bond acceptors (Lipinski definition) is 6. The second-order valence-electron chi connectivity index (χ2n) is 7.18. The molecule has 2 aromatic carbocycles. The van der Waals surface area contributed by atoms with Crippen LogP contribution in [0.25, 0.3) is 0 Å². The van der Waals surface area contributed by atoms with Crippen molar-refractivity contribution < 1.29 is 28.8 Å². The molecule has 0 aromatic heterocycles. The molecule has 2 unspecified atom stereocenters. The summed E-state index contributed by atoms with van der Waals surface area (Å²) in [6, 6.07) is 8.96. The number of methoxy groups -OCH3 is 3. The van der Waals surface area contributed by atoms with Crippen LogP contribution >= 0.6 is 0 Å². The number of rotatable bonds is 11. The maximum atomic E-state index is 9.94. The van der Waals surface area contributed by atoms with Crippen molar-refractivity contribution in [2.75, 3.05) is 21.3 Å². The average Bonchev–Trinajstić information content (AvgIpc) is 2.73. The predicted octanol–water partition coefficient (Wildman–Crippen LogP) is 5.08. The molecule has 0 spiro atoms. The summed E-state index contributed by atoms with van der Waals surface area (Å²) in [7, 11) is 4.70. The summed E-state index contributed by atoms with van der Waals surface area (Å²) in [5, 5.41) is 9.94. The molecule has 2 atom stereocenters. The van der Waals surface area contributed by atoms with Crippen LogP contribution < -0.4 is 18.9 Å². The highest BCUT2D eigenvalue weighted by molar-refractivity contribution is 5.54. The summed E-state index contributed by atoms with van der Waals surface area (Å²) in [6.45, 7) is 9.63. The number of phenols is 1. The van der Waals surface area contributed by atoms with Gasteiger partial charge in [0.25, 0.3) is 0 Å². The van der Waals surface area contributed by atoms with E-state index in [1.165, 1.54) is 7.11 Å². The Labute approximate surface area is 179 Å². The number of hydrogen-bond donors (Lipinski definition) is 1. The highest BCUT2D eigenvalue weighted by Gasteiger charge is 2.27. The lowest BCUT2D eigenvalue weighted by molar-refractivity contribution is -0.0526. The van der Waals surface area contributed by atoms with Gasteiger partial charge in [-0.3, -0.25) is 0 Å². The van der Waals surface area contributed by atoms with E-state index in [-0.39, 0.29) is 11.9 Å². The molecule has 164 valence electrons.